The lowest BCUT2D eigenvalue weighted by atomic mass is 10.2. The molecule has 0 aliphatic rings. The number of hydrogen-bond donors (Lipinski definition) is 0. The van der Waals surface area contributed by atoms with Gasteiger partial charge >= 0.3 is 0 Å². The van der Waals surface area contributed by atoms with E-state index in [1.807, 2.05) is 13.8 Å². The summed E-state index contributed by atoms with van der Waals surface area (Å²) in [5.74, 6) is 1.73. The molecule has 0 saturated heterocycles. The highest BCUT2D eigenvalue weighted by Gasteiger charge is 2.03. The van der Waals surface area contributed by atoms with Crippen molar-refractivity contribution in [2.75, 3.05) is 11.5 Å². The van der Waals surface area contributed by atoms with Crippen LogP contribution < -0.4 is 0 Å². The molecule has 0 aliphatic carbocycles. The summed E-state index contributed by atoms with van der Waals surface area (Å²) in [6.45, 7) is 3.98. The van der Waals surface area contributed by atoms with Crippen molar-refractivity contribution in [2.45, 2.75) is 46.0 Å². The molecule has 0 heterocycles. The maximum Gasteiger partial charge on any atom is 0.188 e. The zero-order chi connectivity index (χ0) is 11.5. The minimum absolute atomic E-state index is 0.284. The largest absolute Gasteiger partial charge is 0.287 e. The molecule has 0 amide bonds. The molecule has 0 atom stereocenters. The fourth-order valence-corrected chi connectivity index (χ4v) is 2.40. The third-order valence-corrected chi connectivity index (χ3v) is 3.50. The lowest BCUT2D eigenvalue weighted by Gasteiger charge is -1.99. The molecule has 0 aromatic carbocycles. The van der Waals surface area contributed by atoms with Gasteiger partial charge in [0.1, 0.15) is 0 Å². The number of carbonyl (C=O) groups is 2. The highest BCUT2D eigenvalue weighted by molar-refractivity contribution is 8.13. The van der Waals surface area contributed by atoms with Crippen molar-refractivity contribution in [1.29, 1.82) is 0 Å². The molecular formula is C11H20O2S2. The number of hydrogen-bond acceptors (Lipinski definition) is 4. The first-order valence-corrected chi connectivity index (χ1v) is 7.49. The summed E-state index contributed by atoms with van der Waals surface area (Å²) >= 11 is 2.79. The van der Waals surface area contributed by atoms with Crippen molar-refractivity contribution in [2.24, 2.45) is 0 Å². The molecule has 0 aromatic heterocycles. The number of carbonyl (C=O) groups excluding carboxylic acids is 2. The Hall–Kier alpha value is 0.0400. The highest BCUT2D eigenvalue weighted by Crippen LogP contribution is 2.13. The van der Waals surface area contributed by atoms with E-state index in [2.05, 4.69) is 0 Å². The molecule has 0 fully saturated rings. The predicted octanol–water partition coefficient (Wildman–Crippen LogP) is 3.50. The van der Waals surface area contributed by atoms with Crippen LogP contribution in [0.5, 0.6) is 0 Å². The maximum absolute atomic E-state index is 11.1. The van der Waals surface area contributed by atoms with Gasteiger partial charge in [0.25, 0.3) is 0 Å². The fourth-order valence-electron chi connectivity index (χ4n) is 1.18. The molecule has 0 rings (SSSR count). The van der Waals surface area contributed by atoms with Crippen LogP contribution in [0.4, 0.5) is 0 Å². The molecule has 0 saturated carbocycles. The molecule has 0 aliphatic heterocycles. The first-order valence-electron chi connectivity index (χ1n) is 5.52. The number of thioether (sulfide) groups is 2. The van der Waals surface area contributed by atoms with E-state index < -0.39 is 0 Å². The summed E-state index contributed by atoms with van der Waals surface area (Å²) in [7, 11) is 0. The van der Waals surface area contributed by atoms with Gasteiger partial charge in [-0.05, 0) is 24.3 Å². The minimum atomic E-state index is 0.284. The van der Waals surface area contributed by atoms with Crippen LogP contribution in [-0.2, 0) is 9.59 Å². The Morgan fingerprint density at radius 1 is 0.800 bits per heavy atom. The van der Waals surface area contributed by atoms with Crippen LogP contribution in [0.3, 0.4) is 0 Å². The van der Waals surface area contributed by atoms with Crippen LogP contribution in [0.25, 0.3) is 0 Å². The lowest BCUT2D eigenvalue weighted by Crippen LogP contribution is -1.94. The van der Waals surface area contributed by atoms with E-state index in [0.29, 0.717) is 12.8 Å². The number of rotatable bonds is 8. The van der Waals surface area contributed by atoms with Crippen LogP contribution in [0.2, 0.25) is 0 Å². The summed E-state index contributed by atoms with van der Waals surface area (Å²) < 4.78 is 0. The Morgan fingerprint density at radius 3 is 1.53 bits per heavy atom. The van der Waals surface area contributed by atoms with Crippen molar-refractivity contribution < 1.29 is 9.59 Å². The van der Waals surface area contributed by atoms with Gasteiger partial charge < -0.3 is 0 Å². The van der Waals surface area contributed by atoms with Gasteiger partial charge in [0.05, 0.1) is 0 Å². The predicted molar refractivity (Wildman–Crippen MR) is 69.4 cm³/mol. The van der Waals surface area contributed by atoms with E-state index in [1.165, 1.54) is 23.5 Å². The monoisotopic (exact) mass is 248 g/mol. The summed E-state index contributed by atoms with van der Waals surface area (Å²) in [5.41, 5.74) is 0. The van der Waals surface area contributed by atoms with Crippen molar-refractivity contribution in [3.63, 3.8) is 0 Å². The smallest absolute Gasteiger partial charge is 0.188 e. The van der Waals surface area contributed by atoms with Crippen molar-refractivity contribution >= 4 is 33.8 Å². The van der Waals surface area contributed by atoms with Crippen LogP contribution in [0, 0.1) is 0 Å². The average Bonchev–Trinajstić information content (AvgIpc) is 2.18. The molecule has 88 valence electrons. The molecule has 0 unspecified atom stereocenters. The minimum Gasteiger partial charge on any atom is -0.287 e. The Morgan fingerprint density at radius 2 is 1.20 bits per heavy atom. The Bertz CT molecular complexity index is 173. The van der Waals surface area contributed by atoms with Gasteiger partial charge in [-0.25, -0.2) is 0 Å². The van der Waals surface area contributed by atoms with Gasteiger partial charge in [-0.15, -0.1) is 0 Å². The van der Waals surface area contributed by atoms with Gasteiger partial charge in [0, 0.05) is 12.8 Å². The zero-order valence-corrected chi connectivity index (χ0v) is 11.2. The molecule has 0 N–H and O–H groups in total. The molecule has 2 nitrogen and oxygen atoms in total. The second kappa shape index (κ2) is 10.6. The van der Waals surface area contributed by atoms with Crippen LogP contribution in [0.15, 0.2) is 0 Å². The summed E-state index contributed by atoms with van der Waals surface area (Å²) in [6.07, 6.45) is 4.17. The summed E-state index contributed by atoms with van der Waals surface area (Å²) in [6, 6.07) is 0. The zero-order valence-electron chi connectivity index (χ0n) is 9.58. The van der Waals surface area contributed by atoms with Crippen LogP contribution in [-0.4, -0.2) is 21.7 Å². The molecule has 0 aromatic rings. The summed E-state index contributed by atoms with van der Waals surface area (Å²) in [5, 5.41) is 0.568. The lowest BCUT2D eigenvalue weighted by molar-refractivity contribution is -0.111. The molecule has 0 spiro atoms. The van der Waals surface area contributed by atoms with Gasteiger partial charge in [0.15, 0.2) is 10.2 Å². The maximum atomic E-state index is 11.1. The van der Waals surface area contributed by atoms with Crippen molar-refractivity contribution in [1.82, 2.24) is 0 Å². The molecule has 0 bridgehead atoms. The van der Waals surface area contributed by atoms with E-state index >= 15 is 0 Å². The molecule has 0 radical (unpaired) electrons. The quantitative estimate of drug-likeness (QED) is 0.616. The Kier molecular flexibility index (Phi) is 10.6. The Labute approximate surface area is 101 Å². The van der Waals surface area contributed by atoms with E-state index in [-0.39, 0.29) is 10.2 Å². The second-order valence-electron chi connectivity index (χ2n) is 3.17. The van der Waals surface area contributed by atoms with Gasteiger partial charge in [0.2, 0.25) is 0 Å². The first-order chi connectivity index (χ1) is 7.20. The Balaban J connectivity index is 3.24. The standard InChI is InChI=1S/C11H20O2S2/c1-3-14-10(12)8-6-5-7-9-11(13)15-4-2/h3-9H2,1-2H3. The third kappa shape index (κ3) is 10.3. The topological polar surface area (TPSA) is 34.1 Å². The highest BCUT2D eigenvalue weighted by atomic mass is 32.2. The van der Waals surface area contributed by atoms with Gasteiger partial charge in [-0.2, -0.15) is 0 Å². The van der Waals surface area contributed by atoms with Gasteiger partial charge in [-0.3, -0.25) is 9.59 Å². The molecule has 4 heteroatoms. The third-order valence-electron chi connectivity index (χ3n) is 1.87. The van der Waals surface area contributed by atoms with E-state index in [9.17, 15) is 9.59 Å². The molecular weight excluding hydrogens is 228 g/mol. The summed E-state index contributed by atoms with van der Waals surface area (Å²) in [4.78, 5) is 22.3. The SMILES string of the molecule is CCSC(=O)CCCCCC(=O)SCC. The molecule has 15 heavy (non-hydrogen) atoms. The van der Waals surface area contributed by atoms with Gasteiger partial charge in [-0.1, -0.05) is 43.8 Å². The van der Waals surface area contributed by atoms with Crippen LogP contribution in [0.1, 0.15) is 46.0 Å². The van der Waals surface area contributed by atoms with E-state index in [4.69, 9.17) is 0 Å². The number of unbranched alkanes of at least 4 members (excludes halogenated alkanes) is 2. The average molecular weight is 248 g/mol. The second-order valence-corrected chi connectivity index (χ2v) is 5.81. The normalized spacial score (nSPS) is 10.3. The van der Waals surface area contributed by atoms with Crippen molar-refractivity contribution in [3.8, 4) is 0 Å². The first kappa shape index (κ1) is 15.0. The van der Waals surface area contributed by atoms with Crippen molar-refractivity contribution in [3.05, 3.63) is 0 Å². The fraction of sp³-hybridized carbons (Fsp3) is 0.818. The van der Waals surface area contributed by atoms with Crippen LogP contribution >= 0.6 is 23.5 Å². The van der Waals surface area contributed by atoms with E-state index in [1.54, 1.807) is 0 Å². The van der Waals surface area contributed by atoms with E-state index in [0.717, 1.165) is 30.8 Å².